The maximum atomic E-state index is 13.1. The van der Waals surface area contributed by atoms with E-state index in [0.717, 1.165) is 33.8 Å². The van der Waals surface area contributed by atoms with E-state index in [2.05, 4.69) is 9.98 Å². The second kappa shape index (κ2) is 7.52. The SMILES string of the molecule is Cc1cc(C)c(-c2cc(C)c(C3=NC(=O)c4c(-c5oc(-c6oc(C)cc6C)cc5C)[nH]c(O)c43)o2)o1. The molecule has 6 rings (SSSR count). The van der Waals surface area contributed by atoms with Crippen molar-refractivity contribution in [3.05, 3.63) is 74.9 Å². The molecule has 2 N–H and O–H groups in total. The number of aromatic hydroxyl groups is 1. The van der Waals surface area contributed by atoms with Crippen molar-refractivity contribution in [1.29, 1.82) is 0 Å². The highest BCUT2D eigenvalue weighted by Crippen LogP contribution is 2.43. The zero-order chi connectivity index (χ0) is 25.5. The molecule has 5 aromatic heterocycles. The third-order valence-corrected chi connectivity index (χ3v) is 6.45. The first-order chi connectivity index (χ1) is 17.1. The first kappa shape index (κ1) is 22.0. The lowest BCUT2D eigenvalue weighted by molar-refractivity contribution is 0.101. The molecular weight excluding hydrogens is 460 g/mol. The van der Waals surface area contributed by atoms with Gasteiger partial charge in [0.15, 0.2) is 40.4 Å². The number of hydrogen-bond acceptors (Lipinski definition) is 6. The van der Waals surface area contributed by atoms with Gasteiger partial charge in [0.05, 0.1) is 16.8 Å². The number of nitrogens with zero attached hydrogens (tertiary/aromatic N) is 1. The van der Waals surface area contributed by atoms with Gasteiger partial charge in [0.25, 0.3) is 5.91 Å². The summed E-state index contributed by atoms with van der Waals surface area (Å²) in [5.74, 6) is 4.01. The van der Waals surface area contributed by atoms with Gasteiger partial charge in [0.2, 0.25) is 0 Å². The number of carbonyl (C=O) groups excluding carboxylic acids is 1. The fraction of sp³-hybridized carbons (Fsp3) is 0.214. The van der Waals surface area contributed by atoms with E-state index >= 15 is 0 Å². The Kier molecular flexibility index (Phi) is 4.60. The lowest BCUT2D eigenvalue weighted by Crippen LogP contribution is -2.00. The maximum absolute atomic E-state index is 13.1. The molecule has 1 aliphatic rings. The highest BCUT2D eigenvalue weighted by Gasteiger charge is 2.37. The number of amides is 1. The van der Waals surface area contributed by atoms with Gasteiger partial charge in [-0.1, -0.05) is 0 Å². The van der Waals surface area contributed by atoms with E-state index in [1.54, 1.807) is 0 Å². The van der Waals surface area contributed by atoms with Gasteiger partial charge in [-0.25, -0.2) is 4.99 Å². The van der Waals surface area contributed by atoms with Crippen molar-refractivity contribution in [3.63, 3.8) is 0 Å². The van der Waals surface area contributed by atoms with Crippen molar-refractivity contribution in [2.75, 3.05) is 0 Å². The Hall–Kier alpha value is -4.46. The van der Waals surface area contributed by atoms with Gasteiger partial charge < -0.3 is 27.8 Å². The van der Waals surface area contributed by atoms with Crippen LogP contribution in [-0.4, -0.2) is 21.7 Å². The summed E-state index contributed by atoms with van der Waals surface area (Å²) in [5.41, 5.74) is 4.58. The summed E-state index contributed by atoms with van der Waals surface area (Å²) in [6.07, 6.45) is 0. The molecule has 0 aromatic carbocycles. The predicted molar refractivity (Wildman–Crippen MR) is 133 cm³/mol. The second-order valence-electron chi connectivity index (χ2n) is 9.35. The first-order valence-electron chi connectivity index (χ1n) is 11.6. The Morgan fingerprint density at radius 3 is 1.69 bits per heavy atom. The standard InChI is InChI=1S/C28H24N2O6/c1-11-7-15(5)33-23(11)17-9-13(3)25(35-17)21-19-20(28(32)29-21)22(30-27(19)31)26-14(4)10-18(36-26)24-12(2)8-16(6)34-24/h7-10,29,32H,1-6H3. The summed E-state index contributed by atoms with van der Waals surface area (Å²) in [6, 6.07) is 7.55. The van der Waals surface area contributed by atoms with Gasteiger partial charge in [-0.05, 0) is 88.1 Å². The molecule has 8 heteroatoms. The largest absolute Gasteiger partial charge is 0.494 e. The van der Waals surface area contributed by atoms with Gasteiger partial charge >= 0.3 is 0 Å². The van der Waals surface area contributed by atoms with Crippen LogP contribution in [0.3, 0.4) is 0 Å². The third-order valence-electron chi connectivity index (χ3n) is 6.45. The number of aryl methyl sites for hydroxylation is 6. The third kappa shape index (κ3) is 3.14. The number of fused-ring (bicyclic) bond motifs is 1. The summed E-state index contributed by atoms with van der Waals surface area (Å²) >= 11 is 0. The van der Waals surface area contributed by atoms with Crippen molar-refractivity contribution in [3.8, 4) is 40.4 Å². The van der Waals surface area contributed by atoms with Crippen LogP contribution >= 0.6 is 0 Å². The molecule has 0 aliphatic carbocycles. The minimum Gasteiger partial charge on any atom is -0.494 e. The van der Waals surface area contributed by atoms with Gasteiger partial charge in [-0.15, -0.1) is 0 Å². The molecule has 1 aliphatic heterocycles. The summed E-state index contributed by atoms with van der Waals surface area (Å²) in [6.45, 7) is 11.4. The second-order valence-corrected chi connectivity index (χ2v) is 9.35. The van der Waals surface area contributed by atoms with Crippen LogP contribution in [0.25, 0.3) is 34.5 Å². The number of rotatable bonds is 4. The summed E-state index contributed by atoms with van der Waals surface area (Å²) in [7, 11) is 0. The van der Waals surface area contributed by atoms with Crippen molar-refractivity contribution >= 4 is 11.6 Å². The molecule has 0 radical (unpaired) electrons. The fourth-order valence-electron chi connectivity index (χ4n) is 4.92. The zero-order valence-corrected chi connectivity index (χ0v) is 20.7. The Morgan fingerprint density at radius 1 is 0.667 bits per heavy atom. The molecule has 6 heterocycles. The normalized spacial score (nSPS) is 13.1. The minimum absolute atomic E-state index is 0.186. The number of H-pyrrole nitrogens is 1. The van der Waals surface area contributed by atoms with Gasteiger partial charge in [0, 0.05) is 0 Å². The molecule has 0 bridgehead atoms. The molecule has 0 atom stereocenters. The summed E-state index contributed by atoms with van der Waals surface area (Å²) in [5, 5.41) is 10.9. The Morgan fingerprint density at radius 2 is 1.17 bits per heavy atom. The molecule has 0 saturated carbocycles. The molecule has 36 heavy (non-hydrogen) atoms. The van der Waals surface area contributed by atoms with Crippen molar-refractivity contribution in [2.45, 2.75) is 41.5 Å². The first-order valence-corrected chi connectivity index (χ1v) is 11.6. The molecular formula is C28H24N2O6. The number of aliphatic imine (C=N–C) groups is 1. The van der Waals surface area contributed by atoms with Gasteiger partial charge in [-0.3, -0.25) is 4.79 Å². The van der Waals surface area contributed by atoms with Gasteiger partial charge in [0.1, 0.15) is 17.2 Å². The fourth-order valence-corrected chi connectivity index (χ4v) is 4.92. The zero-order valence-electron chi connectivity index (χ0n) is 20.7. The smallest absolute Gasteiger partial charge is 0.280 e. The van der Waals surface area contributed by atoms with Crippen molar-refractivity contribution in [2.24, 2.45) is 4.99 Å². The number of aromatic nitrogens is 1. The monoisotopic (exact) mass is 484 g/mol. The average molecular weight is 485 g/mol. The van der Waals surface area contributed by atoms with E-state index in [1.807, 2.05) is 65.8 Å². The van der Waals surface area contributed by atoms with Crippen LogP contribution < -0.4 is 0 Å². The number of carbonyl (C=O) groups is 1. The Balaban J connectivity index is 1.45. The summed E-state index contributed by atoms with van der Waals surface area (Å²) in [4.78, 5) is 20.3. The average Bonchev–Trinajstić information content (AvgIpc) is 3.61. The van der Waals surface area contributed by atoms with Crippen LogP contribution in [0.5, 0.6) is 5.88 Å². The highest BCUT2D eigenvalue weighted by molar-refractivity contribution is 6.30. The number of furan rings is 4. The minimum atomic E-state index is -0.490. The molecule has 182 valence electrons. The molecule has 0 unspecified atom stereocenters. The van der Waals surface area contributed by atoms with Crippen LogP contribution in [0.1, 0.15) is 55.5 Å². The van der Waals surface area contributed by atoms with Gasteiger partial charge in [-0.2, -0.15) is 0 Å². The van der Waals surface area contributed by atoms with E-state index in [1.165, 1.54) is 0 Å². The lowest BCUT2D eigenvalue weighted by atomic mass is 10.0. The molecule has 1 amide bonds. The topological polar surface area (TPSA) is 118 Å². The van der Waals surface area contributed by atoms with Crippen LogP contribution in [0.15, 0.2) is 46.9 Å². The van der Waals surface area contributed by atoms with E-state index in [9.17, 15) is 9.90 Å². The van der Waals surface area contributed by atoms with Crippen molar-refractivity contribution < 1.29 is 27.6 Å². The number of aromatic amines is 1. The van der Waals surface area contributed by atoms with Crippen LogP contribution in [0.2, 0.25) is 0 Å². The molecule has 0 saturated heterocycles. The van der Waals surface area contributed by atoms with Crippen LogP contribution in [0.4, 0.5) is 0 Å². The maximum Gasteiger partial charge on any atom is 0.280 e. The molecule has 0 spiro atoms. The van der Waals surface area contributed by atoms with Crippen LogP contribution in [-0.2, 0) is 0 Å². The predicted octanol–water partition coefficient (Wildman–Crippen LogP) is 6.94. The van der Waals surface area contributed by atoms with E-state index in [4.69, 9.17) is 17.7 Å². The number of nitrogens with one attached hydrogen (secondary N) is 1. The highest BCUT2D eigenvalue weighted by atomic mass is 16.4. The lowest BCUT2D eigenvalue weighted by Gasteiger charge is -1.99. The van der Waals surface area contributed by atoms with E-state index in [-0.39, 0.29) is 22.7 Å². The molecule has 8 nitrogen and oxygen atoms in total. The molecule has 5 aromatic rings. The Bertz CT molecular complexity index is 1730. The quantitative estimate of drug-likeness (QED) is 0.285. The molecule has 0 fully saturated rings. The van der Waals surface area contributed by atoms with E-state index < -0.39 is 5.91 Å². The van der Waals surface area contributed by atoms with E-state index in [0.29, 0.717) is 40.3 Å². The summed E-state index contributed by atoms with van der Waals surface area (Å²) < 4.78 is 23.8. The van der Waals surface area contributed by atoms with Crippen LogP contribution in [0, 0.1) is 41.5 Å². The number of hydrogen-bond donors (Lipinski definition) is 2. The van der Waals surface area contributed by atoms with Crippen molar-refractivity contribution in [1.82, 2.24) is 4.98 Å². The Labute approximate surface area is 206 Å².